The number of anilines is 1. The summed E-state index contributed by atoms with van der Waals surface area (Å²) >= 11 is 0. The Morgan fingerprint density at radius 1 is 1.39 bits per heavy atom. The van der Waals surface area contributed by atoms with Gasteiger partial charge in [-0.1, -0.05) is 0 Å². The SMILES string of the molecule is Cc1cc(N2CC(S(=O)(=O)Cl)CC2=O)nc(C)n1. The summed E-state index contributed by atoms with van der Waals surface area (Å²) in [6.45, 7) is 3.54. The second kappa shape index (κ2) is 4.47. The lowest BCUT2D eigenvalue weighted by molar-refractivity contribution is -0.117. The highest BCUT2D eigenvalue weighted by Crippen LogP contribution is 2.25. The highest BCUT2D eigenvalue weighted by Gasteiger charge is 2.38. The summed E-state index contributed by atoms with van der Waals surface area (Å²) in [6.07, 6.45) is -0.103. The lowest BCUT2D eigenvalue weighted by Gasteiger charge is -2.15. The molecule has 0 N–H and O–H groups in total. The van der Waals surface area contributed by atoms with Crippen molar-refractivity contribution in [2.45, 2.75) is 25.5 Å². The average Bonchev–Trinajstić information content (AvgIpc) is 2.58. The first kappa shape index (κ1) is 13.2. The summed E-state index contributed by atoms with van der Waals surface area (Å²) in [4.78, 5) is 21.4. The minimum Gasteiger partial charge on any atom is -0.295 e. The van der Waals surface area contributed by atoms with Crippen LogP contribution in [0, 0.1) is 13.8 Å². The molecule has 0 saturated carbocycles. The van der Waals surface area contributed by atoms with E-state index in [1.54, 1.807) is 19.9 Å². The predicted molar refractivity (Wildman–Crippen MR) is 67.0 cm³/mol. The molecule has 1 aliphatic heterocycles. The molecule has 0 bridgehead atoms. The van der Waals surface area contributed by atoms with Crippen LogP contribution in [0.2, 0.25) is 0 Å². The van der Waals surface area contributed by atoms with Crippen molar-refractivity contribution in [1.29, 1.82) is 0 Å². The molecule has 0 radical (unpaired) electrons. The van der Waals surface area contributed by atoms with Gasteiger partial charge in [0.25, 0.3) is 0 Å². The summed E-state index contributed by atoms with van der Waals surface area (Å²) in [5.74, 6) is 0.671. The molecule has 18 heavy (non-hydrogen) atoms. The van der Waals surface area contributed by atoms with Crippen LogP contribution in [0.15, 0.2) is 6.07 Å². The molecule has 2 heterocycles. The predicted octanol–water partition coefficient (Wildman–Crippen LogP) is 0.767. The second-order valence-corrected chi connectivity index (χ2v) is 7.13. The Morgan fingerprint density at radius 2 is 2.06 bits per heavy atom. The normalized spacial score (nSPS) is 20.5. The third kappa shape index (κ3) is 2.62. The Morgan fingerprint density at radius 3 is 2.56 bits per heavy atom. The monoisotopic (exact) mass is 289 g/mol. The van der Waals surface area contributed by atoms with E-state index in [-0.39, 0.29) is 18.9 Å². The standard InChI is InChI=1S/C10H12ClN3O3S/c1-6-3-9(13-7(2)12-6)14-5-8(4-10(14)15)18(11,16)17/h3,8H,4-5H2,1-2H3. The molecule has 98 valence electrons. The van der Waals surface area contributed by atoms with E-state index < -0.39 is 14.3 Å². The number of hydrogen-bond donors (Lipinski definition) is 0. The molecule has 6 nitrogen and oxygen atoms in total. The van der Waals surface area contributed by atoms with Gasteiger partial charge in [-0.25, -0.2) is 18.4 Å². The summed E-state index contributed by atoms with van der Waals surface area (Å²) < 4.78 is 22.5. The molecule has 1 aromatic rings. The maximum atomic E-state index is 11.8. The van der Waals surface area contributed by atoms with Gasteiger partial charge in [-0.15, -0.1) is 0 Å². The number of rotatable bonds is 2. The third-order valence-electron chi connectivity index (χ3n) is 2.72. The van der Waals surface area contributed by atoms with E-state index >= 15 is 0 Å². The lowest BCUT2D eigenvalue weighted by atomic mass is 10.4. The quantitative estimate of drug-likeness (QED) is 0.751. The summed E-state index contributed by atoms with van der Waals surface area (Å²) in [5, 5.41) is -0.873. The average molecular weight is 290 g/mol. The van der Waals surface area contributed by atoms with Crippen molar-refractivity contribution >= 4 is 31.5 Å². The molecule has 1 aromatic heterocycles. The van der Waals surface area contributed by atoms with Gasteiger partial charge < -0.3 is 0 Å². The molecule has 2 rings (SSSR count). The number of hydrogen-bond acceptors (Lipinski definition) is 5. The van der Waals surface area contributed by atoms with Crippen LogP contribution in [0.25, 0.3) is 0 Å². The number of nitrogens with zero attached hydrogens (tertiary/aromatic N) is 3. The molecule has 1 aliphatic rings. The van der Waals surface area contributed by atoms with Gasteiger partial charge in [0.2, 0.25) is 15.0 Å². The lowest BCUT2D eigenvalue weighted by Crippen LogP contribution is -2.28. The van der Waals surface area contributed by atoms with Crippen molar-refractivity contribution in [3.8, 4) is 0 Å². The van der Waals surface area contributed by atoms with Crippen LogP contribution in [0.1, 0.15) is 17.9 Å². The number of aryl methyl sites for hydroxylation is 2. The Labute approximate surface area is 109 Å². The molecular weight excluding hydrogens is 278 g/mol. The number of carbonyl (C=O) groups is 1. The molecule has 1 fully saturated rings. The molecule has 0 aromatic carbocycles. The van der Waals surface area contributed by atoms with Crippen LogP contribution in [-0.2, 0) is 13.8 Å². The van der Waals surface area contributed by atoms with E-state index in [9.17, 15) is 13.2 Å². The van der Waals surface area contributed by atoms with Gasteiger partial charge in [0.05, 0.1) is 0 Å². The van der Waals surface area contributed by atoms with Gasteiger partial charge >= 0.3 is 0 Å². The van der Waals surface area contributed by atoms with Crippen molar-refractivity contribution in [3.63, 3.8) is 0 Å². The zero-order valence-electron chi connectivity index (χ0n) is 9.92. The van der Waals surface area contributed by atoms with E-state index in [0.717, 1.165) is 5.69 Å². The zero-order valence-corrected chi connectivity index (χ0v) is 11.5. The maximum absolute atomic E-state index is 11.8. The molecule has 1 unspecified atom stereocenters. The van der Waals surface area contributed by atoms with Crippen LogP contribution >= 0.6 is 10.7 Å². The largest absolute Gasteiger partial charge is 0.295 e. The van der Waals surface area contributed by atoms with E-state index in [1.807, 2.05) is 0 Å². The fourth-order valence-corrected chi connectivity index (χ4v) is 2.95. The Balaban J connectivity index is 2.32. The Bertz CT molecular complexity index is 582. The van der Waals surface area contributed by atoms with Gasteiger partial charge in [-0.3, -0.25) is 9.69 Å². The van der Waals surface area contributed by atoms with E-state index in [1.165, 1.54) is 4.90 Å². The Kier molecular flexibility index (Phi) is 3.29. The van der Waals surface area contributed by atoms with Crippen LogP contribution in [0.5, 0.6) is 0 Å². The third-order valence-corrected chi connectivity index (χ3v) is 4.58. The topological polar surface area (TPSA) is 80.2 Å². The summed E-state index contributed by atoms with van der Waals surface area (Å²) in [5.41, 5.74) is 0.725. The summed E-state index contributed by atoms with van der Waals surface area (Å²) in [6, 6.07) is 1.65. The molecule has 1 amide bonds. The first-order valence-corrected chi connectivity index (χ1v) is 7.71. The number of aromatic nitrogens is 2. The van der Waals surface area contributed by atoms with Crippen molar-refractivity contribution in [1.82, 2.24) is 9.97 Å². The number of amides is 1. The smallest absolute Gasteiger partial charge is 0.237 e. The fourth-order valence-electron chi connectivity index (χ4n) is 1.92. The van der Waals surface area contributed by atoms with Crippen LogP contribution < -0.4 is 4.90 Å². The van der Waals surface area contributed by atoms with E-state index in [0.29, 0.717) is 11.6 Å². The van der Waals surface area contributed by atoms with Crippen molar-refractivity contribution in [2.24, 2.45) is 0 Å². The number of carbonyl (C=O) groups excluding carboxylic acids is 1. The molecule has 1 atom stereocenters. The van der Waals surface area contributed by atoms with Crippen molar-refractivity contribution in [2.75, 3.05) is 11.4 Å². The van der Waals surface area contributed by atoms with Crippen LogP contribution in [-0.4, -0.2) is 36.1 Å². The van der Waals surface area contributed by atoms with Gasteiger partial charge in [0.1, 0.15) is 16.9 Å². The fraction of sp³-hybridized carbons (Fsp3) is 0.500. The molecule has 0 spiro atoms. The van der Waals surface area contributed by atoms with Gasteiger partial charge in [0, 0.05) is 35.4 Å². The Hall–Kier alpha value is -1.21. The van der Waals surface area contributed by atoms with Crippen LogP contribution in [0.4, 0.5) is 5.82 Å². The molecule has 1 saturated heterocycles. The highest BCUT2D eigenvalue weighted by atomic mass is 35.7. The highest BCUT2D eigenvalue weighted by molar-refractivity contribution is 8.14. The van der Waals surface area contributed by atoms with Gasteiger partial charge in [-0.05, 0) is 13.8 Å². The first-order chi connectivity index (χ1) is 8.27. The van der Waals surface area contributed by atoms with E-state index in [4.69, 9.17) is 10.7 Å². The van der Waals surface area contributed by atoms with Crippen molar-refractivity contribution in [3.05, 3.63) is 17.6 Å². The summed E-state index contributed by atoms with van der Waals surface area (Å²) in [7, 11) is 1.55. The van der Waals surface area contributed by atoms with Gasteiger partial charge in [0.15, 0.2) is 0 Å². The van der Waals surface area contributed by atoms with E-state index in [2.05, 4.69) is 9.97 Å². The zero-order chi connectivity index (χ0) is 13.5. The number of halogens is 1. The first-order valence-electron chi connectivity index (χ1n) is 5.33. The van der Waals surface area contributed by atoms with Gasteiger partial charge in [-0.2, -0.15) is 0 Å². The minimum absolute atomic E-state index is 0.0422. The minimum atomic E-state index is -3.73. The van der Waals surface area contributed by atoms with Crippen LogP contribution in [0.3, 0.4) is 0 Å². The van der Waals surface area contributed by atoms with Crippen molar-refractivity contribution < 1.29 is 13.2 Å². The molecule has 0 aliphatic carbocycles. The maximum Gasteiger partial charge on any atom is 0.237 e. The molecule has 8 heteroatoms. The second-order valence-electron chi connectivity index (χ2n) is 4.22. The molecular formula is C10H12ClN3O3S.